The van der Waals surface area contributed by atoms with E-state index in [0.717, 1.165) is 22.9 Å². The van der Waals surface area contributed by atoms with E-state index in [1.165, 1.54) is 0 Å². The van der Waals surface area contributed by atoms with Gasteiger partial charge in [-0.2, -0.15) is 0 Å². The molecular formula is C17H17NO3S. The van der Waals surface area contributed by atoms with Crippen LogP contribution in [0.1, 0.15) is 18.4 Å². The van der Waals surface area contributed by atoms with Crippen molar-refractivity contribution in [2.45, 2.75) is 18.3 Å². The van der Waals surface area contributed by atoms with Crippen molar-refractivity contribution in [1.82, 2.24) is 4.72 Å². The molecular weight excluding hydrogens is 298 g/mol. The quantitative estimate of drug-likeness (QED) is 0.942. The van der Waals surface area contributed by atoms with Crippen LogP contribution in [0.3, 0.4) is 0 Å². The molecule has 0 aliphatic heterocycles. The largest absolute Gasteiger partial charge is 0.273 e. The minimum absolute atomic E-state index is 0.432. The molecule has 114 valence electrons. The Morgan fingerprint density at radius 2 is 1.59 bits per heavy atom. The fourth-order valence-corrected chi connectivity index (χ4v) is 3.31. The molecule has 2 aromatic carbocycles. The van der Waals surface area contributed by atoms with E-state index in [-0.39, 0.29) is 0 Å². The monoisotopic (exact) mass is 315 g/mol. The van der Waals surface area contributed by atoms with Gasteiger partial charge in [0.1, 0.15) is 0 Å². The molecule has 5 heteroatoms. The molecule has 1 fully saturated rings. The molecule has 3 rings (SSSR count). The Hall–Kier alpha value is -2.14. The van der Waals surface area contributed by atoms with E-state index in [1.807, 2.05) is 54.6 Å². The van der Waals surface area contributed by atoms with E-state index >= 15 is 0 Å². The number of benzene rings is 2. The number of nitrogens with one attached hydrogen (secondary N) is 1. The van der Waals surface area contributed by atoms with Crippen LogP contribution in [0.4, 0.5) is 0 Å². The molecule has 0 unspecified atom stereocenters. The molecule has 0 saturated heterocycles. The second-order valence-corrected chi connectivity index (χ2v) is 7.45. The fourth-order valence-electron chi connectivity index (χ4n) is 2.78. The molecule has 1 aliphatic rings. The van der Waals surface area contributed by atoms with Crippen molar-refractivity contribution < 1.29 is 13.2 Å². The summed E-state index contributed by atoms with van der Waals surface area (Å²) in [5.41, 5.74) is 2.17. The van der Waals surface area contributed by atoms with Gasteiger partial charge in [-0.15, -0.1) is 0 Å². The summed E-state index contributed by atoms with van der Waals surface area (Å²) in [6, 6.07) is 17.5. The average molecular weight is 315 g/mol. The molecule has 0 aromatic heterocycles. The normalized spacial score (nSPS) is 16.0. The first-order chi connectivity index (χ1) is 10.4. The Morgan fingerprint density at radius 3 is 2.18 bits per heavy atom. The van der Waals surface area contributed by atoms with Gasteiger partial charge >= 0.3 is 0 Å². The van der Waals surface area contributed by atoms with E-state index in [1.54, 1.807) is 0 Å². The lowest BCUT2D eigenvalue weighted by atomic mass is 9.88. The van der Waals surface area contributed by atoms with Gasteiger partial charge in [0.15, 0.2) is 0 Å². The van der Waals surface area contributed by atoms with Crippen LogP contribution in [0, 0.1) is 0 Å². The first-order valence-corrected chi connectivity index (χ1v) is 8.99. The molecule has 2 aromatic rings. The highest BCUT2D eigenvalue weighted by molar-refractivity contribution is 7.89. The van der Waals surface area contributed by atoms with Crippen LogP contribution in [0.5, 0.6) is 0 Å². The van der Waals surface area contributed by atoms with Gasteiger partial charge in [0, 0.05) is 0 Å². The third-order valence-corrected chi connectivity index (χ3v) is 4.55. The van der Waals surface area contributed by atoms with Gasteiger partial charge in [0.2, 0.25) is 15.9 Å². The zero-order chi connectivity index (χ0) is 15.8. The van der Waals surface area contributed by atoms with E-state index in [0.29, 0.717) is 12.8 Å². The number of hydrogen-bond acceptors (Lipinski definition) is 3. The van der Waals surface area contributed by atoms with Crippen LogP contribution in [0.2, 0.25) is 0 Å². The second-order valence-electron chi connectivity index (χ2n) is 5.70. The van der Waals surface area contributed by atoms with Crippen molar-refractivity contribution in [3.63, 3.8) is 0 Å². The summed E-state index contributed by atoms with van der Waals surface area (Å²) in [4.78, 5) is 12.4. The molecule has 0 spiro atoms. The molecule has 1 N–H and O–H groups in total. The van der Waals surface area contributed by atoms with Gasteiger partial charge in [-0.3, -0.25) is 9.52 Å². The van der Waals surface area contributed by atoms with Gasteiger partial charge in [-0.25, -0.2) is 8.42 Å². The third-order valence-electron chi connectivity index (χ3n) is 3.99. The van der Waals surface area contributed by atoms with Gasteiger partial charge in [0.25, 0.3) is 0 Å². The van der Waals surface area contributed by atoms with Gasteiger partial charge < -0.3 is 0 Å². The van der Waals surface area contributed by atoms with E-state index in [2.05, 4.69) is 4.72 Å². The van der Waals surface area contributed by atoms with Crippen LogP contribution in [-0.4, -0.2) is 20.6 Å². The van der Waals surface area contributed by atoms with Gasteiger partial charge in [0.05, 0.1) is 11.7 Å². The number of rotatable bonds is 4. The summed E-state index contributed by atoms with van der Waals surface area (Å²) in [5.74, 6) is -0.432. The van der Waals surface area contributed by atoms with Crippen molar-refractivity contribution in [3.05, 3.63) is 60.2 Å². The molecule has 1 aliphatic carbocycles. The lowest BCUT2D eigenvalue weighted by Gasteiger charge is -2.19. The summed E-state index contributed by atoms with van der Waals surface area (Å²) in [6.45, 7) is 0. The maximum atomic E-state index is 12.4. The maximum absolute atomic E-state index is 12.4. The minimum Gasteiger partial charge on any atom is -0.273 e. The van der Waals surface area contributed by atoms with E-state index in [4.69, 9.17) is 0 Å². The van der Waals surface area contributed by atoms with Crippen LogP contribution < -0.4 is 4.72 Å². The maximum Gasteiger partial charge on any atom is 0.244 e. The van der Waals surface area contributed by atoms with Crippen molar-refractivity contribution in [2.24, 2.45) is 0 Å². The lowest BCUT2D eigenvalue weighted by molar-refractivity contribution is -0.121. The average Bonchev–Trinajstić information content (AvgIpc) is 3.28. The molecule has 1 amide bonds. The Kier molecular flexibility index (Phi) is 3.53. The summed E-state index contributed by atoms with van der Waals surface area (Å²) < 4.78 is 24.9. The van der Waals surface area contributed by atoms with Gasteiger partial charge in [-0.1, -0.05) is 54.6 Å². The van der Waals surface area contributed by atoms with Crippen molar-refractivity contribution >= 4 is 15.9 Å². The summed E-state index contributed by atoms with van der Waals surface area (Å²) in [5, 5.41) is 0. The third kappa shape index (κ3) is 2.76. The number of sulfonamides is 1. The number of carbonyl (C=O) groups is 1. The first kappa shape index (κ1) is 14.8. The number of hydrogen-bond donors (Lipinski definition) is 1. The Balaban J connectivity index is 2.04. The summed E-state index contributed by atoms with van der Waals surface area (Å²) in [7, 11) is -3.55. The SMILES string of the molecule is CS(=O)(=O)NC(=O)C1(c2ccccc2-c2ccccc2)CC1. The minimum atomic E-state index is -3.55. The zero-order valence-corrected chi connectivity index (χ0v) is 13.1. The molecule has 0 atom stereocenters. The second kappa shape index (κ2) is 5.25. The van der Waals surface area contributed by atoms with Crippen LogP contribution >= 0.6 is 0 Å². The molecule has 22 heavy (non-hydrogen) atoms. The first-order valence-electron chi connectivity index (χ1n) is 7.09. The van der Waals surface area contributed by atoms with Gasteiger partial charge in [-0.05, 0) is 29.5 Å². The predicted molar refractivity (Wildman–Crippen MR) is 85.8 cm³/mol. The molecule has 4 nitrogen and oxygen atoms in total. The smallest absolute Gasteiger partial charge is 0.244 e. The van der Waals surface area contributed by atoms with E-state index < -0.39 is 21.3 Å². The van der Waals surface area contributed by atoms with Crippen molar-refractivity contribution in [2.75, 3.05) is 6.26 Å². The number of amides is 1. The Labute approximate surface area is 130 Å². The highest BCUT2D eigenvalue weighted by Crippen LogP contribution is 2.51. The molecule has 0 bridgehead atoms. The van der Waals surface area contributed by atoms with Crippen LogP contribution in [-0.2, 0) is 20.2 Å². The van der Waals surface area contributed by atoms with E-state index in [9.17, 15) is 13.2 Å². The molecule has 0 heterocycles. The lowest BCUT2D eigenvalue weighted by Crippen LogP contribution is -2.38. The summed E-state index contributed by atoms with van der Waals surface area (Å²) >= 11 is 0. The predicted octanol–water partition coefficient (Wildman–Crippen LogP) is 2.46. The van der Waals surface area contributed by atoms with Crippen molar-refractivity contribution in [1.29, 1.82) is 0 Å². The molecule has 1 saturated carbocycles. The summed E-state index contributed by atoms with van der Waals surface area (Å²) in [6.07, 6.45) is 2.33. The zero-order valence-electron chi connectivity index (χ0n) is 12.2. The highest BCUT2D eigenvalue weighted by atomic mass is 32.2. The van der Waals surface area contributed by atoms with Crippen molar-refractivity contribution in [3.8, 4) is 11.1 Å². The Bertz CT molecular complexity index is 809. The highest BCUT2D eigenvalue weighted by Gasteiger charge is 2.53. The van der Waals surface area contributed by atoms with Crippen LogP contribution in [0.25, 0.3) is 11.1 Å². The number of carbonyl (C=O) groups excluding carboxylic acids is 1. The molecule has 0 radical (unpaired) electrons. The topological polar surface area (TPSA) is 63.2 Å². The van der Waals surface area contributed by atoms with Crippen LogP contribution in [0.15, 0.2) is 54.6 Å². The Morgan fingerprint density at radius 1 is 1.00 bits per heavy atom. The fraction of sp³-hybridized carbons (Fsp3) is 0.235. The standard InChI is InChI=1S/C17H17NO3S/c1-22(20,21)18-16(19)17(11-12-17)15-10-6-5-9-14(15)13-7-3-2-4-8-13/h2-10H,11-12H2,1H3,(H,18,19).